The Bertz CT molecular complexity index is 784. The fourth-order valence-corrected chi connectivity index (χ4v) is 2.54. The summed E-state index contributed by atoms with van der Waals surface area (Å²) in [6.45, 7) is 1.96. The van der Waals surface area contributed by atoms with Crippen molar-refractivity contribution in [2.24, 2.45) is 0 Å². The SMILES string of the molecule is Cc1ccc(C=C2C(=O)NC(=S)NC2=O)n1-c1ccccc1. The van der Waals surface area contributed by atoms with Gasteiger partial charge in [-0.3, -0.25) is 20.2 Å². The summed E-state index contributed by atoms with van der Waals surface area (Å²) in [7, 11) is 0. The largest absolute Gasteiger partial charge is 0.314 e. The molecule has 0 saturated carbocycles. The van der Waals surface area contributed by atoms with Gasteiger partial charge in [-0.15, -0.1) is 0 Å². The smallest absolute Gasteiger partial charge is 0.263 e. The molecule has 1 aliphatic rings. The molecule has 6 heteroatoms. The second kappa shape index (κ2) is 5.57. The lowest BCUT2D eigenvalue weighted by atomic mass is 10.1. The number of rotatable bonds is 2. The van der Waals surface area contributed by atoms with E-state index in [1.54, 1.807) is 6.08 Å². The molecule has 1 fully saturated rings. The summed E-state index contributed by atoms with van der Waals surface area (Å²) in [5, 5.41) is 4.89. The molecule has 0 unspecified atom stereocenters. The molecule has 2 amide bonds. The number of nitrogens with one attached hydrogen (secondary N) is 2. The number of carbonyl (C=O) groups excluding carboxylic acids is 2. The molecule has 110 valence electrons. The minimum Gasteiger partial charge on any atom is -0.314 e. The predicted molar refractivity (Wildman–Crippen MR) is 87.4 cm³/mol. The van der Waals surface area contributed by atoms with E-state index in [9.17, 15) is 9.59 Å². The molecule has 1 aromatic carbocycles. The molecular weight excluding hydrogens is 298 g/mol. The summed E-state index contributed by atoms with van der Waals surface area (Å²) in [6, 6.07) is 13.5. The van der Waals surface area contributed by atoms with Crippen LogP contribution in [-0.4, -0.2) is 21.5 Å². The first-order chi connectivity index (χ1) is 10.6. The standard InChI is InChI=1S/C16H13N3O2S/c1-10-7-8-12(19(10)11-5-3-2-4-6-11)9-13-14(20)17-16(22)18-15(13)21/h2-9H,1H3,(H2,17,18,20,21,22). The maximum absolute atomic E-state index is 11.9. The van der Waals surface area contributed by atoms with Gasteiger partial charge in [0.1, 0.15) is 5.57 Å². The highest BCUT2D eigenvalue weighted by Gasteiger charge is 2.26. The van der Waals surface area contributed by atoms with Gasteiger partial charge in [0.15, 0.2) is 5.11 Å². The number of nitrogens with zero attached hydrogens (tertiary/aromatic N) is 1. The Morgan fingerprint density at radius 2 is 1.64 bits per heavy atom. The van der Waals surface area contributed by atoms with E-state index in [4.69, 9.17) is 12.2 Å². The average molecular weight is 311 g/mol. The van der Waals surface area contributed by atoms with Crippen LogP contribution in [0.15, 0.2) is 48.0 Å². The van der Waals surface area contributed by atoms with Crippen LogP contribution < -0.4 is 10.6 Å². The summed E-state index contributed by atoms with van der Waals surface area (Å²) in [4.78, 5) is 23.9. The van der Waals surface area contributed by atoms with Gasteiger partial charge in [0.2, 0.25) is 0 Å². The zero-order valence-electron chi connectivity index (χ0n) is 11.8. The summed E-state index contributed by atoms with van der Waals surface area (Å²) < 4.78 is 1.97. The van der Waals surface area contributed by atoms with Gasteiger partial charge in [-0.1, -0.05) is 18.2 Å². The van der Waals surface area contributed by atoms with Crippen LogP contribution in [0.5, 0.6) is 0 Å². The molecule has 1 aliphatic heterocycles. The first-order valence-corrected chi connectivity index (χ1v) is 7.09. The van der Waals surface area contributed by atoms with Gasteiger partial charge >= 0.3 is 0 Å². The minimum atomic E-state index is -0.493. The van der Waals surface area contributed by atoms with Gasteiger partial charge in [-0.2, -0.15) is 0 Å². The first-order valence-electron chi connectivity index (χ1n) is 6.68. The van der Waals surface area contributed by atoms with Crippen LogP contribution in [0.1, 0.15) is 11.4 Å². The van der Waals surface area contributed by atoms with Crippen molar-refractivity contribution in [3.05, 3.63) is 59.4 Å². The molecule has 2 heterocycles. The van der Waals surface area contributed by atoms with Gasteiger partial charge in [0, 0.05) is 17.1 Å². The maximum atomic E-state index is 11.9. The van der Waals surface area contributed by atoms with Crippen LogP contribution in [0.2, 0.25) is 0 Å². The highest BCUT2D eigenvalue weighted by molar-refractivity contribution is 7.80. The van der Waals surface area contributed by atoms with E-state index in [1.165, 1.54) is 0 Å². The predicted octanol–water partition coefficient (Wildman–Crippen LogP) is 1.70. The summed E-state index contributed by atoms with van der Waals surface area (Å²) in [5.74, 6) is -0.987. The van der Waals surface area contributed by atoms with E-state index in [1.807, 2.05) is 54.0 Å². The van der Waals surface area contributed by atoms with Crippen molar-refractivity contribution in [2.45, 2.75) is 6.92 Å². The molecule has 2 N–H and O–H groups in total. The van der Waals surface area contributed by atoms with Crippen molar-refractivity contribution in [3.63, 3.8) is 0 Å². The van der Waals surface area contributed by atoms with Crippen LogP contribution in [0.3, 0.4) is 0 Å². The lowest BCUT2D eigenvalue weighted by Gasteiger charge is -2.17. The monoisotopic (exact) mass is 311 g/mol. The van der Waals surface area contributed by atoms with E-state index < -0.39 is 11.8 Å². The number of benzene rings is 1. The van der Waals surface area contributed by atoms with Crippen LogP contribution in [0.4, 0.5) is 0 Å². The van der Waals surface area contributed by atoms with Gasteiger partial charge < -0.3 is 4.57 Å². The van der Waals surface area contributed by atoms with E-state index in [2.05, 4.69) is 10.6 Å². The molecule has 3 rings (SSSR count). The van der Waals surface area contributed by atoms with Crippen molar-refractivity contribution < 1.29 is 9.59 Å². The van der Waals surface area contributed by atoms with Crippen LogP contribution in [0.25, 0.3) is 11.8 Å². The summed E-state index contributed by atoms with van der Waals surface area (Å²) >= 11 is 4.79. The van der Waals surface area contributed by atoms with E-state index >= 15 is 0 Å². The number of thiocarbonyl (C=S) groups is 1. The first kappa shape index (κ1) is 14.2. The number of amides is 2. The Kier molecular flexibility index (Phi) is 3.60. The highest BCUT2D eigenvalue weighted by Crippen LogP contribution is 2.19. The normalized spacial score (nSPS) is 14.6. The van der Waals surface area contributed by atoms with E-state index in [0.717, 1.165) is 17.1 Å². The molecule has 1 saturated heterocycles. The number of aromatic nitrogens is 1. The number of hydrogen-bond donors (Lipinski definition) is 2. The Hall–Kier alpha value is -2.73. The minimum absolute atomic E-state index is 0.0294. The quantitative estimate of drug-likeness (QED) is 0.504. The average Bonchev–Trinajstić information content (AvgIpc) is 2.84. The van der Waals surface area contributed by atoms with Gasteiger partial charge in [0.25, 0.3) is 11.8 Å². The molecule has 5 nitrogen and oxygen atoms in total. The lowest BCUT2D eigenvalue weighted by Crippen LogP contribution is -2.51. The number of carbonyl (C=O) groups is 2. The van der Waals surface area contributed by atoms with E-state index in [-0.39, 0.29) is 10.7 Å². The topological polar surface area (TPSA) is 63.1 Å². The highest BCUT2D eigenvalue weighted by atomic mass is 32.1. The molecule has 0 spiro atoms. The second-order valence-corrected chi connectivity index (χ2v) is 5.27. The Morgan fingerprint density at radius 1 is 1.00 bits per heavy atom. The Balaban J connectivity index is 2.07. The number of para-hydroxylation sites is 1. The molecule has 0 atom stereocenters. The maximum Gasteiger partial charge on any atom is 0.263 e. The third kappa shape index (κ3) is 2.56. The van der Waals surface area contributed by atoms with Gasteiger partial charge in [0.05, 0.1) is 0 Å². The molecule has 0 radical (unpaired) electrons. The fourth-order valence-electron chi connectivity index (χ4n) is 2.36. The van der Waals surface area contributed by atoms with Crippen molar-refractivity contribution in [2.75, 3.05) is 0 Å². The third-order valence-electron chi connectivity index (χ3n) is 3.36. The van der Waals surface area contributed by atoms with Crippen molar-refractivity contribution in [1.29, 1.82) is 0 Å². The van der Waals surface area contributed by atoms with Crippen molar-refractivity contribution >= 4 is 35.2 Å². The third-order valence-corrected chi connectivity index (χ3v) is 3.56. The molecule has 22 heavy (non-hydrogen) atoms. The molecule has 2 aromatic rings. The van der Waals surface area contributed by atoms with E-state index in [0.29, 0.717) is 0 Å². The second-order valence-electron chi connectivity index (χ2n) is 4.87. The molecule has 1 aromatic heterocycles. The van der Waals surface area contributed by atoms with Crippen LogP contribution >= 0.6 is 12.2 Å². The number of aryl methyl sites for hydroxylation is 1. The lowest BCUT2D eigenvalue weighted by molar-refractivity contribution is -0.123. The Labute approximate surface area is 132 Å². The van der Waals surface area contributed by atoms with Crippen LogP contribution in [0, 0.1) is 6.92 Å². The van der Waals surface area contributed by atoms with Crippen LogP contribution in [-0.2, 0) is 9.59 Å². The summed E-state index contributed by atoms with van der Waals surface area (Å²) in [6.07, 6.45) is 1.56. The number of hydrogen-bond acceptors (Lipinski definition) is 3. The molecule has 0 bridgehead atoms. The Morgan fingerprint density at radius 3 is 2.27 bits per heavy atom. The van der Waals surface area contributed by atoms with Gasteiger partial charge in [-0.05, 0) is 49.5 Å². The molecule has 0 aliphatic carbocycles. The zero-order valence-corrected chi connectivity index (χ0v) is 12.6. The summed E-state index contributed by atoms with van der Waals surface area (Å²) in [5.41, 5.74) is 2.75. The van der Waals surface area contributed by atoms with Gasteiger partial charge in [-0.25, -0.2) is 0 Å². The fraction of sp³-hybridized carbons (Fsp3) is 0.0625. The molecular formula is C16H13N3O2S. The van der Waals surface area contributed by atoms with Crippen molar-refractivity contribution in [3.8, 4) is 5.69 Å². The zero-order chi connectivity index (χ0) is 15.7. The van der Waals surface area contributed by atoms with Crippen molar-refractivity contribution in [1.82, 2.24) is 15.2 Å².